The molecule has 1 aliphatic heterocycles. The molecule has 2 heterocycles. The molecule has 5 heteroatoms. The maximum Gasteiger partial charge on any atom is 0.134 e. The summed E-state index contributed by atoms with van der Waals surface area (Å²) in [5.41, 5.74) is 7.35. The van der Waals surface area contributed by atoms with Crippen molar-refractivity contribution >= 4 is 11.6 Å². The van der Waals surface area contributed by atoms with E-state index in [0.717, 1.165) is 17.9 Å². The molecule has 1 aliphatic rings. The van der Waals surface area contributed by atoms with Gasteiger partial charge >= 0.3 is 0 Å². The summed E-state index contributed by atoms with van der Waals surface area (Å²) in [5, 5.41) is 3.51. The molecule has 5 nitrogen and oxygen atoms in total. The van der Waals surface area contributed by atoms with Crippen LogP contribution in [-0.4, -0.2) is 41.5 Å². The van der Waals surface area contributed by atoms with E-state index in [0.29, 0.717) is 17.2 Å². The molecule has 0 aliphatic carbocycles. The van der Waals surface area contributed by atoms with E-state index in [2.05, 4.69) is 48.0 Å². The average Bonchev–Trinajstić information content (AvgIpc) is 2.40. The molecule has 1 aromatic heterocycles. The van der Waals surface area contributed by atoms with E-state index in [4.69, 9.17) is 5.73 Å². The minimum absolute atomic E-state index is 0.323. The highest BCUT2D eigenvalue weighted by Crippen LogP contribution is 2.32. The molecule has 0 radical (unpaired) electrons. The van der Waals surface area contributed by atoms with Gasteiger partial charge in [0.2, 0.25) is 0 Å². The lowest BCUT2D eigenvalue weighted by molar-refractivity contribution is 0.150. The van der Waals surface area contributed by atoms with Gasteiger partial charge in [0.1, 0.15) is 18.0 Å². The van der Waals surface area contributed by atoms with Crippen LogP contribution in [0.5, 0.6) is 0 Å². The van der Waals surface area contributed by atoms with Crippen LogP contribution in [-0.2, 0) is 0 Å². The molecule has 1 fully saturated rings. The Morgan fingerprint density at radius 1 is 1.35 bits per heavy atom. The number of anilines is 2. The molecule has 0 bridgehead atoms. The number of nitrogens with zero attached hydrogens (tertiary/aromatic N) is 3. The number of piperidine rings is 1. The van der Waals surface area contributed by atoms with Crippen molar-refractivity contribution in [3.8, 4) is 0 Å². The van der Waals surface area contributed by atoms with Crippen molar-refractivity contribution in [2.75, 3.05) is 37.7 Å². The molecule has 0 spiro atoms. The summed E-state index contributed by atoms with van der Waals surface area (Å²) < 4.78 is 0. The third-order valence-electron chi connectivity index (χ3n) is 4.37. The van der Waals surface area contributed by atoms with Gasteiger partial charge in [-0.1, -0.05) is 20.8 Å². The van der Waals surface area contributed by atoms with Crippen LogP contribution in [0.3, 0.4) is 0 Å². The molecular formula is C15H27N5. The van der Waals surface area contributed by atoms with Crippen molar-refractivity contribution < 1.29 is 0 Å². The Morgan fingerprint density at radius 2 is 2.00 bits per heavy atom. The zero-order chi connectivity index (χ0) is 14.8. The van der Waals surface area contributed by atoms with Crippen LogP contribution >= 0.6 is 0 Å². The van der Waals surface area contributed by atoms with Gasteiger partial charge in [0.25, 0.3) is 0 Å². The van der Waals surface area contributed by atoms with Gasteiger partial charge in [-0.25, -0.2) is 9.97 Å². The van der Waals surface area contributed by atoms with Crippen molar-refractivity contribution in [2.45, 2.75) is 39.5 Å². The SMILES string of the molecule is CC(C)c1c(N)ncnc1NCC1(C)CCN(C)CC1. The van der Waals surface area contributed by atoms with Crippen LogP contribution < -0.4 is 11.1 Å². The van der Waals surface area contributed by atoms with Crippen molar-refractivity contribution in [2.24, 2.45) is 5.41 Å². The third kappa shape index (κ3) is 3.39. The number of aromatic nitrogens is 2. The summed E-state index contributed by atoms with van der Waals surface area (Å²) in [6.07, 6.45) is 3.97. The van der Waals surface area contributed by atoms with Crippen LogP contribution in [0.15, 0.2) is 6.33 Å². The van der Waals surface area contributed by atoms with E-state index >= 15 is 0 Å². The van der Waals surface area contributed by atoms with Crippen molar-refractivity contribution in [1.82, 2.24) is 14.9 Å². The number of nitrogens with one attached hydrogen (secondary N) is 1. The Morgan fingerprint density at radius 3 is 2.60 bits per heavy atom. The summed E-state index contributed by atoms with van der Waals surface area (Å²) in [5.74, 6) is 1.81. The number of rotatable bonds is 4. The molecule has 112 valence electrons. The van der Waals surface area contributed by atoms with E-state index in [1.807, 2.05) is 0 Å². The smallest absolute Gasteiger partial charge is 0.134 e. The fourth-order valence-corrected chi connectivity index (χ4v) is 2.75. The van der Waals surface area contributed by atoms with Gasteiger partial charge in [-0.3, -0.25) is 0 Å². The number of nitrogen functional groups attached to an aromatic ring is 1. The predicted octanol–water partition coefficient (Wildman–Crippen LogP) is 2.33. The standard InChI is InChI=1S/C15H27N5/c1-11(2)12-13(16)18-10-19-14(12)17-9-15(3)5-7-20(4)8-6-15/h10-11H,5-9H2,1-4H3,(H3,16,17,18,19). The Balaban J connectivity index is 2.06. The first-order chi connectivity index (χ1) is 9.41. The molecule has 3 N–H and O–H groups in total. The second-order valence-electron chi connectivity index (χ2n) is 6.64. The average molecular weight is 277 g/mol. The molecule has 0 unspecified atom stereocenters. The second kappa shape index (κ2) is 5.95. The monoisotopic (exact) mass is 277 g/mol. The quantitative estimate of drug-likeness (QED) is 0.884. The summed E-state index contributed by atoms with van der Waals surface area (Å²) in [4.78, 5) is 10.9. The van der Waals surface area contributed by atoms with Crippen LogP contribution in [0.4, 0.5) is 11.6 Å². The zero-order valence-electron chi connectivity index (χ0n) is 13.1. The maximum atomic E-state index is 5.98. The Hall–Kier alpha value is -1.36. The van der Waals surface area contributed by atoms with E-state index in [9.17, 15) is 0 Å². The van der Waals surface area contributed by atoms with Crippen LogP contribution in [0.2, 0.25) is 0 Å². The summed E-state index contributed by atoms with van der Waals surface area (Å²) >= 11 is 0. The summed E-state index contributed by atoms with van der Waals surface area (Å²) in [7, 11) is 2.19. The molecule has 0 amide bonds. The molecule has 0 atom stereocenters. The Labute approximate surface area is 122 Å². The van der Waals surface area contributed by atoms with Gasteiger partial charge < -0.3 is 16.0 Å². The lowest BCUT2D eigenvalue weighted by Crippen LogP contribution is -2.40. The van der Waals surface area contributed by atoms with Crippen molar-refractivity contribution in [3.05, 3.63) is 11.9 Å². The van der Waals surface area contributed by atoms with E-state index in [1.165, 1.54) is 25.9 Å². The fraction of sp³-hybridized carbons (Fsp3) is 0.733. The topological polar surface area (TPSA) is 67.1 Å². The van der Waals surface area contributed by atoms with E-state index in [-0.39, 0.29) is 0 Å². The molecule has 2 rings (SSSR count). The first kappa shape index (κ1) is 15.0. The van der Waals surface area contributed by atoms with E-state index < -0.39 is 0 Å². The minimum Gasteiger partial charge on any atom is -0.383 e. The van der Waals surface area contributed by atoms with Gasteiger partial charge in [-0.2, -0.15) is 0 Å². The van der Waals surface area contributed by atoms with Gasteiger partial charge in [0, 0.05) is 12.1 Å². The number of hydrogen-bond donors (Lipinski definition) is 2. The molecule has 1 saturated heterocycles. The molecular weight excluding hydrogens is 250 g/mol. The van der Waals surface area contributed by atoms with Gasteiger partial charge in [0.05, 0.1) is 0 Å². The summed E-state index contributed by atoms with van der Waals surface area (Å²) in [6.45, 7) is 9.88. The van der Waals surface area contributed by atoms with Crippen molar-refractivity contribution in [1.29, 1.82) is 0 Å². The highest BCUT2D eigenvalue weighted by atomic mass is 15.1. The second-order valence-corrected chi connectivity index (χ2v) is 6.64. The highest BCUT2D eigenvalue weighted by molar-refractivity contribution is 5.56. The minimum atomic E-state index is 0.323. The first-order valence-electron chi connectivity index (χ1n) is 7.44. The van der Waals surface area contributed by atoms with Crippen LogP contribution in [0.1, 0.15) is 45.1 Å². The Bertz CT molecular complexity index is 450. The molecule has 1 aromatic rings. The third-order valence-corrected chi connectivity index (χ3v) is 4.37. The number of likely N-dealkylation sites (tertiary alicyclic amines) is 1. The summed E-state index contributed by atoms with van der Waals surface area (Å²) in [6, 6.07) is 0. The lowest BCUT2D eigenvalue weighted by Gasteiger charge is -2.38. The van der Waals surface area contributed by atoms with Gasteiger partial charge in [-0.15, -0.1) is 0 Å². The molecule has 0 saturated carbocycles. The maximum absolute atomic E-state index is 5.98. The van der Waals surface area contributed by atoms with Crippen LogP contribution in [0.25, 0.3) is 0 Å². The van der Waals surface area contributed by atoms with Crippen LogP contribution in [0, 0.1) is 5.41 Å². The Kier molecular flexibility index (Phi) is 4.48. The van der Waals surface area contributed by atoms with Gasteiger partial charge in [0.15, 0.2) is 0 Å². The molecule has 20 heavy (non-hydrogen) atoms. The number of hydrogen-bond acceptors (Lipinski definition) is 5. The zero-order valence-corrected chi connectivity index (χ0v) is 13.1. The van der Waals surface area contributed by atoms with Gasteiger partial charge in [-0.05, 0) is 44.3 Å². The fourth-order valence-electron chi connectivity index (χ4n) is 2.75. The first-order valence-corrected chi connectivity index (χ1v) is 7.44. The number of nitrogens with two attached hydrogens (primary N) is 1. The van der Waals surface area contributed by atoms with Crippen molar-refractivity contribution in [3.63, 3.8) is 0 Å². The predicted molar refractivity (Wildman–Crippen MR) is 83.9 cm³/mol. The normalized spacial score (nSPS) is 19.2. The molecule has 0 aromatic carbocycles. The lowest BCUT2D eigenvalue weighted by atomic mass is 9.80. The largest absolute Gasteiger partial charge is 0.383 e. The highest BCUT2D eigenvalue weighted by Gasteiger charge is 2.29. The van der Waals surface area contributed by atoms with E-state index in [1.54, 1.807) is 6.33 Å².